The number of carbonyl (C=O) groups is 1. The minimum atomic E-state index is 0.0650. The molecule has 5 nitrogen and oxygen atoms in total. The van der Waals surface area contributed by atoms with Gasteiger partial charge in [-0.1, -0.05) is 24.3 Å². The van der Waals surface area contributed by atoms with E-state index in [0.717, 1.165) is 43.8 Å². The SMILES string of the molecule is COc1ccccc1C(=O)N1CCC(Cn2c(C)nc3ccccc32)CC1. The van der Waals surface area contributed by atoms with Gasteiger partial charge in [-0.25, -0.2) is 4.98 Å². The van der Waals surface area contributed by atoms with Crippen molar-refractivity contribution in [2.24, 2.45) is 5.92 Å². The number of hydrogen-bond acceptors (Lipinski definition) is 3. The summed E-state index contributed by atoms with van der Waals surface area (Å²) in [6, 6.07) is 15.7. The molecule has 0 radical (unpaired) electrons. The molecule has 0 bridgehead atoms. The lowest BCUT2D eigenvalue weighted by molar-refractivity contribution is 0.0679. The van der Waals surface area contributed by atoms with E-state index in [1.54, 1.807) is 7.11 Å². The molecule has 0 N–H and O–H groups in total. The predicted molar refractivity (Wildman–Crippen MR) is 106 cm³/mol. The number of aryl methyl sites for hydroxylation is 1. The second-order valence-electron chi connectivity index (χ2n) is 7.19. The Morgan fingerprint density at radius 3 is 2.59 bits per heavy atom. The summed E-state index contributed by atoms with van der Waals surface area (Å²) < 4.78 is 7.66. The second-order valence-corrected chi connectivity index (χ2v) is 7.19. The molecule has 0 spiro atoms. The van der Waals surface area contributed by atoms with Crippen molar-refractivity contribution in [3.05, 3.63) is 59.9 Å². The summed E-state index contributed by atoms with van der Waals surface area (Å²) in [5, 5.41) is 0. The van der Waals surface area contributed by atoms with Crippen molar-refractivity contribution >= 4 is 16.9 Å². The van der Waals surface area contributed by atoms with Gasteiger partial charge in [0.1, 0.15) is 11.6 Å². The molecule has 1 fully saturated rings. The monoisotopic (exact) mass is 363 g/mol. The van der Waals surface area contributed by atoms with Gasteiger partial charge in [-0.3, -0.25) is 4.79 Å². The maximum atomic E-state index is 12.9. The molecule has 0 aliphatic carbocycles. The van der Waals surface area contributed by atoms with Crippen LogP contribution in [0.1, 0.15) is 29.0 Å². The van der Waals surface area contributed by atoms with Crippen LogP contribution < -0.4 is 4.74 Å². The van der Waals surface area contributed by atoms with Crippen LogP contribution in [0, 0.1) is 12.8 Å². The highest BCUT2D eigenvalue weighted by Gasteiger charge is 2.26. The van der Waals surface area contributed by atoms with Gasteiger partial charge < -0.3 is 14.2 Å². The van der Waals surface area contributed by atoms with Crippen molar-refractivity contribution in [3.63, 3.8) is 0 Å². The number of methoxy groups -OCH3 is 1. The first-order valence-corrected chi connectivity index (χ1v) is 9.51. The van der Waals surface area contributed by atoms with E-state index in [2.05, 4.69) is 34.7 Å². The molecule has 1 saturated heterocycles. The van der Waals surface area contributed by atoms with Crippen molar-refractivity contribution in [2.45, 2.75) is 26.3 Å². The fraction of sp³-hybridized carbons (Fsp3) is 0.364. The van der Waals surface area contributed by atoms with Gasteiger partial charge in [0.05, 0.1) is 23.7 Å². The number of amides is 1. The molecule has 1 aromatic heterocycles. The average Bonchev–Trinajstić information content (AvgIpc) is 3.03. The lowest BCUT2D eigenvalue weighted by Crippen LogP contribution is -2.39. The van der Waals surface area contributed by atoms with Crippen molar-refractivity contribution in [3.8, 4) is 5.75 Å². The number of rotatable bonds is 4. The summed E-state index contributed by atoms with van der Waals surface area (Å²) in [6.07, 6.45) is 2.01. The molecule has 2 heterocycles. The molecule has 5 heteroatoms. The van der Waals surface area contributed by atoms with Gasteiger partial charge >= 0.3 is 0 Å². The van der Waals surface area contributed by atoms with Gasteiger partial charge in [-0.2, -0.15) is 0 Å². The van der Waals surface area contributed by atoms with Crippen LogP contribution in [0.3, 0.4) is 0 Å². The van der Waals surface area contributed by atoms with Crippen molar-refractivity contribution < 1.29 is 9.53 Å². The zero-order valence-corrected chi connectivity index (χ0v) is 15.9. The van der Waals surface area contributed by atoms with Gasteiger partial charge in [0.25, 0.3) is 5.91 Å². The number of benzene rings is 2. The quantitative estimate of drug-likeness (QED) is 0.706. The molecule has 0 atom stereocenters. The molecule has 0 saturated carbocycles. The highest BCUT2D eigenvalue weighted by molar-refractivity contribution is 5.97. The van der Waals surface area contributed by atoms with Crippen LogP contribution in [0.4, 0.5) is 0 Å². The van der Waals surface area contributed by atoms with Gasteiger partial charge in [-0.15, -0.1) is 0 Å². The van der Waals surface area contributed by atoms with Crippen LogP contribution in [-0.4, -0.2) is 40.6 Å². The molecule has 1 amide bonds. The smallest absolute Gasteiger partial charge is 0.257 e. The number of aromatic nitrogens is 2. The summed E-state index contributed by atoms with van der Waals surface area (Å²) in [5.74, 6) is 2.33. The molecular formula is C22H25N3O2. The predicted octanol–water partition coefficient (Wildman–Crippen LogP) is 3.91. The zero-order chi connectivity index (χ0) is 18.8. The number of fused-ring (bicyclic) bond motifs is 1. The van der Waals surface area contributed by atoms with E-state index < -0.39 is 0 Å². The molecular weight excluding hydrogens is 338 g/mol. The Hall–Kier alpha value is -2.82. The third-order valence-electron chi connectivity index (χ3n) is 5.53. The van der Waals surface area contributed by atoms with Crippen molar-refractivity contribution in [1.29, 1.82) is 0 Å². The maximum Gasteiger partial charge on any atom is 0.257 e. The van der Waals surface area contributed by atoms with Crippen LogP contribution in [0.25, 0.3) is 11.0 Å². The van der Waals surface area contributed by atoms with Crippen molar-refractivity contribution in [1.82, 2.24) is 14.5 Å². The lowest BCUT2D eigenvalue weighted by Gasteiger charge is -2.32. The van der Waals surface area contributed by atoms with E-state index in [9.17, 15) is 4.79 Å². The van der Waals surface area contributed by atoms with Crippen molar-refractivity contribution in [2.75, 3.05) is 20.2 Å². The second kappa shape index (κ2) is 7.43. The van der Waals surface area contributed by atoms with E-state index in [1.807, 2.05) is 35.2 Å². The van der Waals surface area contributed by atoms with Gasteiger partial charge in [-0.05, 0) is 49.9 Å². The van der Waals surface area contributed by atoms with Gasteiger partial charge in [0.15, 0.2) is 0 Å². The highest BCUT2D eigenvalue weighted by Crippen LogP contribution is 2.26. The molecule has 4 rings (SSSR count). The molecule has 3 aromatic rings. The minimum absolute atomic E-state index is 0.0650. The number of likely N-dealkylation sites (tertiary alicyclic amines) is 1. The summed E-state index contributed by atoms with van der Waals surface area (Å²) >= 11 is 0. The molecule has 1 aliphatic rings. The fourth-order valence-electron chi connectivity index (χ4n) is 3.99. The Balaban J connectivity index is 1.43. The normalized spacial score (nSPS) is 15.3. The number of nitrogens with zero attached hydrogens (tertiary/aromatic N) is 3. The van der Waals surface area contributed by atoms with E-state index in [1.165, 1.54) is 5.52 Å². The number of ether oxygens (including phenoxy) is 1. The van der Waals surface area contributed by atoms with Crippen LogP contribution >= 0.6 is 0 Å². The Morgan fingerprint density at radius 1 is 1.11 bits per heavy atom. The minimum Gasteiger partial charge on any atom is -0.496 e. The number of piperidine rings is 1. The van der Waals surface area contributed by atoms with E-state index in [0.29, 0.717) is 17.2 Å². The van der Waals surface area contributed by atoms with Crippen LogP contribution in [0.15, 0.2) is 48.5 Å². The summed E-state index contributed by atoms with van der Waals surface area (Å²) in [5.41, 5.74) is 2.90. The van der Waals surface area contributed by atoms with Crippen LogP contribution in [0.5, 0.6) is 5.75 Å². The number of imidazole rings is 1. The van der Waals surface area contributed by atoms with Gasteiger partial charge in [0, 0.05) is 19.6 Å². The molecule has 2 aromatic carbocycles. The first-order valence-electron chi connectivity index (χ1n) is 9.51. The molecule has 1 aliphatic heterocycles. The standard InChI is InChI=1S/C22H25N3O2/c1-16-23-19-8-4-5-9-20(19)25(16)15-17-11-13-24(14-12-17)22(26)18-7-3-6-10-21(18)27-2/h3-10,17H,11-15H2,1-2H3. The Kier molecular flexibility index (Phi) is 4.84. The summed E-state index contributed by atoms with van der Waals surface area (Å²) in [6.45, 7) is 4.60. The fourth-order valence-corrected chi connectivity index (χ4v) is 3.99. The third-order valence-corrected chi connectivity index (χ3v) is 5.53. The topological polar surface area (TPSA) is 47.4 Å². The molecule has 140 valence electrons. The number of carbonyl (C=O) groups excluding carboxylic acids is 1. The first kappa shape index (κ1) is 17.6. The number of para-hydroxylation sites is 3. The van der Waals surface area contributed by atoms with E-state index >= 15 is 0 Å². The Labute approximate surface area is 159 Å². The Bertz CT molecular complexity index is 955. The average molecular weight is 363 g/mol. The Morgan fingerprint density at radius 2 is 1.81 bits per heavy atom. The largest absolute Gasteiger partial charge is 0.496 e. The van der Waals surface area contributed by atoms with Crippen LogP contribution in [0.2, 0.25) is 0 Å². The highest BCUT2D eigenvalue weighted by atomic mass is 16.5. The molecule has 0 unspecified atom stereocenters. The van der Waals surface area contributed by atoms with E-state index in [-0.39, 0.29) is 5.91 Å². The van der Waals surface area contributed by atoms with Gasteiger partial charge in [0.2, 0.25) is 0 Å². The molecule has 27 heavy (non-hydrogen) atoms. The van der Waals surface area contributed by atoms with Crippen LogP contribution in [-0.2, 0) is 6.54 Å². The lowest BCUT2D eigenvalue weighted by atomic mass is 9.96. The summed E-state index contributed by atoms with van der Waals surface area (Å²) in [4.78, 5) is 19.5. The maximum absolute atomic E-state index is 12.9. The van der Waals surface area contributed by atoms with E-state index in [4.69, 9.17) is 4.74 Å². The summed E-state index contributed by atoms with van der Waals surface area (Å²) in [7, 11) is 1.61. The zero-order valence-electron chi connectivity index (χ0n) is 15.9. The first-order chi connectivity index (χ1) is 13.2. The number of hydrogen-bond donors (Lipinski definition) is 0. The third kappa shape index (κ3) is 3.42.